The van der Waals surface area contributed by atoms with Crippen molar-refractivity contribution in [3.63, 3.8) is 0 Å². The number of esters is 1. The first-order chi connectivity index (χ1) is 18.3. The van der Waals surface area contributed by atoms with Crippen molar-refractivity contribution in [3.05, 3.63) is 85.6 Å². The van der Waals surface area contributed by atoms with E-state index in [0.717, 1.165) is 36.1 Å². The topological polar surface area (TPSA) is 101 Å². The molecule has 1 unspecified atom stereocenters. The van der Waals surface area contributed by atoms with Crippen molar-refractivity contribution < 1.29 is 14.3 Å². The van der Waals surface area contributed by atoms with Crippen LogP contribution in [0.25, 0.3) is 21.9 Å². The molecule has 7 nitrogen and oxygen atoms in total. The minimum atomic E-state index is -1.17. The summed E-state index contributed by atoms with van der Waals surface area (Å²) in [5, 5.41) is 14.5. The first-order valence-electron chi connectivity index (χ1n) is 12.2. The number of hydrogen-bond donors (Lipinski definition) is 1. The molecule has 2 heterocycles. The molecule has 5 rings (SSSR count). The van der Waals surface area contributed by atoms with Gasteiger partial charge >= 0.3 is 5.97 Å². The van der Waals surface area contributed by atoms with Crippen LogP contribution >= 0.6 is 22.9 Å². The molecule has 192 valence electrons. The average Bonchev–Trinajstić information content (AvgIpc) is 3.27. The molecular formula is C29H24ClN3O4S. The summed E-state index contributed by atoms with van der Waals surface area (Å²) in [5.74, 6) is -1.36. The summed E-state index contributed by atoms with van der Waals surface area (Å²) in [6.07, 6.45) is 2.60. The summed E-state index contributed by atoms with van der Waals surface area (Å²) >= 11 is 7.49. The number of nitrogens with one attached hydrogen (secondary N) is 1. The average molecular weight is 546 g/mol. The molecule has 1 atom stereocenters. The van der Waals surface area contributed by atoms with Crippen molar-refractivity contribution in [1.29, 1.82) is 5.26 Å². The Balaban J connectivity index is 1.49. The quantitative estimate of drug-likeness (QED) is 0.317. The van der Waals surface area contributed by atoms with Gasteiger partial charge in [0.15, 0.2) is 6.10 Å². The van der Waals surface area contributed by atoms with Crippen LogP contribution in [0, 0.1) is 11.3 Å². The van der Waals surface area contributed by atoms with E-state index in [4.69, 9.17) is 16.3 Å². The third-order valence-corrected chi connectivity index (χ3v) is 8.26. The summed E-state index contributed by atoms with van der Waals surface area (Å²) in [7, 11) is 1.50. The molecule has 2 aromatic carbocycles. The lowest BCUT2D eigenvalue weighted by Crippen LogP contribution is -2.32. The number of aromatic nitrogens is 1. The highest BCUT2D eigenvalue weighted by molar-refractivity contribution is 7.16. The highest BCUT2D eigenvalue weighted by atomic mass is 35.5. The fourth-order valence-corrected chi connectivity index (χ4v) is 6.24. The highest BCUT2D eigenvalue weighted by Gasteiger charge is 2.28. The normalized spacial score (nSPS) is 13.4. The minimum absolute atomic E-state index is 0.0278. The number of halogens is 1. The van der Waals surface area contributed by atoms with Crippen LogP contribution in [0.5, 0.6) is 0 Å². The smallest absolute Gasteiger partial charge is 0.356 e. The number of pyridine rings is 1. The largest absolute Gasteiger partial charge is 0.448 e. The predicted molar refractivity (Wildman–Crippen MR) is 149 cm³/mol. The van der Waals surface area contributed by atoms with Gasteiger partial charge in [-0.05, 0) is 67.3 Å². The van der Waals surface area contributed by atoms with Gasteiger partial charge in [-0.25, -0.2) is 4.79 Å². The maximum absolute atomic E-state index is 13.5. The van der Waals surface area contributed by atoms with E-state index in [-0.39, 0.29) is 11.3 Å². The highest BCUT2D eigenvalue weighted by Crippen LogP contribution is 2.38. The number of ether oxygens (including phenoxy) is 1. The Hall–Kier alpha value is -3.93. The fraction of sp³-hybridized carbons (Fsp3) is 0.241. The number of benzene rings is 2. The van der Waals surface area contributed by atoms with Gasteiger partial charge in [-0.2, -0.15) is 5.26 Å². The van der Waals surface area contributed by atoms with E-state index in [2.05, 4.69) is 11.4 Å². The number of fused-ring (bicyclic) bond motifs is 2. The molecular weight excluding hydrogens is 522 g/mol. The predicted octanol–water partition coefficient (Wildman–Crippen LogP) is 5.85. The van der Waals surface area contributed by atoms with E-state index in [1.165, 1.54) is 29.9 Å². The van der Waals surface area contributed by atoms with E-state index >= 15 is 0 Å². The third-order valence-electron chi connectivity index (χ3n) is 6.80. The molecule has 1 aliphatic carbocycles. The van der Waals surface area contributed by atoms with Crippen molar-refractivity contribution in [2.24, 2.45) is 7.05 Å². The second-order valence-electron chi connectivity index (χ2n) is 9.20. The van der Waals surface area contributed by atoms with Crippen LogP contribution in [0.3, 0.4) is 0 Å². The van der Waals surface area contributed by atoms with Crippen LogP contribution in [0.1, 0.15) is 46.3 Å². The summed E-state index contributed by atoms with van der Waals surface area (Å²) in [6, 6.07) is 16.2. The molecule has 0 saturated carbocycles. The van der Waals surface area contributed by atoms with Crippen molar-refractivity contribution >= 4 is 50.6 Å². The van der Waals surface area contributed by atoms with Gasteiger partial charge in [0.2, 0.25) is 0 Å². The molecule has 1 aliphatic rings. The van der Waals surface area contributed by atoms with Crippen molar-refractivity contribution in [2.45, 2.75) is 38.7 Å². The Kier molecular flexibility index (Phi) is 7.06. The van der Waals surface area contributed by atoms with E-state index in [1.807, 2.05) is 0 Å². The summed E-state index contributed by atoms with van der Waals surface area (Å²) in [5.41, 5.74) is 2.34. The van der Waals surface area contributed by atoms with Gasteiger partial charge in [0.25, 0.3) is 11.5 Å². The number of anilines is 1. The SMILES string of the molecule is CC(OC(=O)c1c(-c2ccc(Cl)cc2)c2ccccc2c(=O)n1C)C(=O)Nc1sc2c(c1C#N)CCCC2. The van der Waals surface area contributed by atoms with Crippen LogP contribution in [0.4, 0.5) is 5.00 Å². The lowest BCUT2D eigenvalue weighted by Gasteiger charge is -2.19. The zero-order valence-corrected chi connectivity index (χ0v) is 22.4. The second-order valence-corrected chi connectivity index (χ2v) is 10.7. The number of hydrogen-bond acceptors (Lipinski definition) is 6. The van der Waals surface area contributed by atoms with Gasteiger partial charge in [0, 0.05) is 27.9 Å². The Labute approximate surface area is 228 Å². The van der Waals surface area contributed by atoms with Gasteiger partial charge in [-0.3, -0.25) is 9.59 Å². The molecule has 0 saturated heterocycles. The molecule has 0 bridgehead atoms. The fourth-order valence-electron chi connectivity index (χ4n) is 4.87. The third kappa shape index (κ3) is 4.60. The lowest BCUT2D eigenvalue weighted by atomic mass is 9.96. The van der Waals surface area contributed by atoms with E-state index in [1.54, 1.807) is 48.5 Å². The second kappa shape index (κ2) is 10.4. The van der Waals surface area contributed by atoms with Gasteiger partial charge in [0.1, 0.15) is 16.8 Å². The van der Waals surface area contributed by atoms with Crippen molar-refractivity contribution in [1.82, 2.24) is 4.57 Å². The van der Waals surface area contributed by atoms with Crippen molar-refractivity contribution in [3.8, 4) is 17.2 Å². The number of thiophene rings is 1. The molecule has 1 amide bonds. The summed E-state index contributed by atoms with van der Waals surface area (Å²) in [6.45, 7) is 1.47. The van der Waals surface area contributed by atoms with Crippen molar-refractivity contribution in [2.75, 3.05) is 5.32 Å². The Morgan fingerprint density at radius 2 is 1.79 bits per heavy atom. The monoisotopic (exact) mass is 545 g/mol. The van der Waals surface area contributed by atoms with Crippen LogP contribution in [-0.4, -0.2) is 22.5 Å². The maximum Gasteiger partial charge on any atom is 0.356 e. The Morgan fingerprint density at radius 3 is 2.50 bits per heavy atom. The van der Waals surface area contributed by atoms with E-state index in [0.29, 0.717) is 37.5 Å². The zero-order chi connectivity index (χ0) is 27.0. The first-order valence-corrected chi connectivity index (χ1v) is 13.4. The molecule has 0 spiro atoms. The summed E-state index contributed by atoms with van der Waals surface area (Å²) < 4.78 is 6.85. The number of nitriles is 1. The number of aryl methyl sites for hydroxylation is 1. The Bertz CT molecular complexity index is 1680. The number of amides is 1. The van der Waals surface area contributed by atoms with Crippen LogP contribution in [0.2, 0.25) is 5.02 Å². The number of carbonyl (C=O) groups is 2. The Morgan fingerprint density at radius 1 is 1.11 bits per heavy atom. The molecule has 9 heteroatoms. The van der Waals surface area contributed by atoms with Gasteiger partial charge in [-0.1, -0.05) is 41.9 Å². The molecule has 2 aromatic heterocycles. The van der Waals surface area contributed by atoms with E-state index in [9.17, 15) is 19.6 Å². The van der Waals surface area contributed by atoms with Crippen LogP contribution in [-0.2, 0) is 29.4 Å². The lowest BCUT2D eigenvalue weighted by molar-refractivity contribution is -0.123. The minimum Gasteiger partial charge on any atom is -0.448 e. The standard InChI is InChI=1S/C29H24ClN3O4S/c1-16(26(34)32-27-22(15-31)19-7-5-6-10-23(19)38-27)37-29(36)25-24(17-11-13-18(30)14-12-17)20-8-3-4-9-21(20)28(35)33(25)2/h3-4,8-9,11-14,16H,5-7,10H2,1-2H3,(H,32,34). The van der Waals surface area contributed by atoms with Gasteiger partial charge in [0.05, 0.1) is 5.56 Å². The molecule has 4 aromatic rings. The molecule has 1 N–H and O–H groups in total. The first kappa shape index (κ1) is 25.7. The van der Waals surface area contributed by atoms with E-state index < -0.39 is 18.0 Å². The molecule has 0 fully saturated rings. The molecule has 0 aliphatic heterocycles. The number of nitrogens with zero attached hydrogens (tertiary/aromatic N) is 2. The summed E-state index contributed by atoms with van der Waals surface area (Å²) in [4.78, 5) is 40.8. The zero-order valence-electron chi connectivity index (χ0n) is 20.8. The van der Waals surface area contributed by atoms with Gasteiger partial charge < -0.3 is 14.6 Å². The van der Waals surface area contributed by atoms with Crippen LogP contribution in [0.15, 0.2) is 53.3 Å². The van der Waals surface area contributed by atoms with Crippen LogP contribution < -0.4 is 10.9 Å². The number of rotatable bonds is 5. The molecule has 38 heavy (non-hydrogen) atoms. The number of carbonyl (C=O) groups excluding carboxylic acids is 2. The molecule has 0 radical (unpaired) electrons. The van der Waals surface area contributed by atoms with Gasteiger partial charge in [-0.15, -0.1) is 11.3 Å². The maximum atomic E-state index is 13.5.